The van der Waals surface area contributed by atoms with Crippen molar-refractivity contribution in [3.05, 3.63) is 29.3 Å². The molecule has 0 radical (unpaired) electrons. The summed E-state index contributed by atoms with van der Waals surface area (Å²) in [5.41, 5.74) is 0. The second-order valence-corrected chi connectivity index (χ2v) is 3.83. The van der Waals surface area contributed by atoms with Gasteiger partial charge in [-0.15, -0.1) is 7.94 Å². The van der Waals surface area contributed by atoms with Crippen LogP contribution in [0.3, 0.4) is 0 Å². The van der Waals surface area contributed by atoms with Gasteiger partial charge in [0, 0.05) is 0 Å². The fourth-order valence-corrected chi connectivity index (χ4v) is 1.72. The standard InChI is InChI=1S/C6H6ClO3P.Mg/c7-5-3-1-2-4-6(5)11(8,9)10;/h1-4H,(H2,8,9,10);/q;+2/p-2. The van der Waals surface area contributed by atoms with E-state index in [0.717, 1.165) is 0 Å². The zero-order valence-corrected chi connectivity index (χ0v) is 9.13. The molecule has 1 rings (SSSR count). The smallest absolute Gasteiger partial charge is 0.683 e. The van der Waals surface area contributed by atoms with E-state index in [2.05, 4.69) is 0 Å². The second kappa shape index (κ2) is 4.72. The minimum absolute atomic E-state index is 0. The Bertz CT molecular complexity index is 263. The molecule has 0 aliphatic rings. The van der Waals surface area contributed by atoms with Gasteiger partial charge in [-0.05, 0) is 12.1 Å². The number of benzene rings is 1. The van der Waals surface area contributed by atoms with Crippen LogP contribution in [0.25, 0.3) is 0 Å². The summed E-state index contributed by atoms with van der Waals surface area (Å²) in [5.74, 6) is 0. The Morgan fingerprint density at radius 2 is 1.58 bits per heavy atom. The van der Waals surface area contributed by atoms with Crippen LogP contribution in [-0.2, 0) is 0 Å². The van der Waals surface area contributed by atoms with E-state index in [1.54, 1.807) is 6.07 Å². The van der Waals surface area contributed by atoms with Gasteiger partial charge in [-0.2, -0.15) is 0 Å². The van der Waals surface area contributed by atoms with Gasteiger partial charge in [0.05, 0.1) is 10.3 Å². The van der Waals surface area contributed by atoms with Crippen LogP contribution in [0.2, 0.25) is 5.02 Å². The molecule has 0 aliphatic heterocycles. The minimum Gasteiger partial charge on any atom is -0.683 e. The Morgan fingerprint density at radius 1 is 1.08 bits per heavy atom. The summed E-state index contributed by atoms with van der Waals surface area (Å²) in [6.45, 7) is 0. The van der Waals surface area contributed by atoms with Crippen LogP contribution >= 0.6 is 19.5 Å². The third kappa shape index (κ3) is 3.15. The number of rotatable bonds is 1. The maximum absolute atomic E-state index is 10.4. The van der Waals surface area contributed by atoms with Gasteiger partial charge in [0.25, 0.3) is 0 Å². The zero-order valence-electron chi connectivity index (χ0n) is 6.07. The number of hydrogen-bond donors (Lipinski definition) is 0. The van der Waals surface area contributed by atoms with Crippen LogP contribution in [0.1, 0.15) is 0 Å². The molecular weight excluding hydrogens is 211 g/mol. The van der Waals surface area contributed by atoms with Crippen molar-refractivity contribution in [3.8, 4) is 0 Å². The van der Waals surface area contributed by atoms with E-state index in [9.17, 15) is 14.7 Å². The molecule has 0 aromatic heterocycles. The zero-order chi connectivity index (χ0) is 8.48. The maximum Gasteiger partial charge on any atom is 2.00 e. The van der Waals surface area contributed by atoms with Crippen LogP contribution in [0.5, 0.6) is 0 Å². The molecule has 0 heterocycles. The molecule has 1 aromatic carbocycles. The summed E-state index contributed by atoms with van der Waals surface area (Å²) < 4.78 is 0. The second-order valence-electron chi connectivity index (χ2n) is 1.95. The molecule has 0 spiro atoms. The fourth-order valence-electron chi connectivity index (χ4n) is 0.674. The van der Waals surface area contributed by atoms with Gasteiger partial charge in [0.15, 0.2) is 0 Å². The first-order valence-electron chi connectivity index (χ1n) is 2.79. The van der Waals surface area contributed by atoms with Gasteiger partial charge >= 0.3 is 23.1 Å². The van der Waals surface area contributed by atoms with Crippen molar-refractivity contribution < 1.29 is 14.7 Å². The van der Waals surface area contributed by atoms with Crippen molar-refractivity contribution in [1.29, 1.82) is 0 Å². The van der Waals surface area contributed by atoms with Crippen molar-refractivity contribution in [2.45, 2.75) is 0 Å². The quantitative estimate of drug-likeness (QED) is 0.419. The molecule has 0 bridgehead atoms. The van der Waals surface area contributed by atoms with Crippen molar-refractivity contribution in [2.75, 3.05) is 0 Å². The van der Waals surface area contributed by atoms with E-state index in [0.29, 0.717) is 0 Å². The molecule has 0 amide bonds. The molecule has 0 aliphatic carbocycles. The molecule has 0 fully saturated rings. The predicted octanol–water partition coefficient (Wildman–Crippen LogP) is -1.57. The van der Waals surface area contributed by atoms with Crippen molar-refractivity contribution in [3.63, 3.8) is 0 Å². The summed E-state index contributed by atoms with van der Waals surface area (Å²) in [4.78, 5) is 31.3. The summed E-state index contributed by atoms with van der Waals surface area (Å²) in [6.07, 6.45) is 0. The van der Waals surface area contributed by atoms with Gasteiger partial charge in [-0.1, -0.05) is 23.7 Å². The first-order valence-corrected chi connectivity index (χ1v) is 4.71. The van der Waals surface area contributed by atoms with Crippen LogP contribution in [0, 0.1) is 0 Å². The summed E-state index contributed by atoms with van der Waals surface area (Å²) in [5, 5.41) is -0.373. The molecule has 0 saturated heterocycles. The van der Waals surface area contributed by atoms with E-state index in [-0.39, 0.29) is 33.4 Å². The van der Waals surface area contributed by atoms with Crippen LogP contribution in [0.4, 0.5) is 0 Å². The molecule has 60 valence electrons. The third-order valence-electron chi connectivity index (χ3n) is 1.15. The predicted molar refractivity (Wildman–Crippen MR) is 43.8 cm³/mol. The molecule has 0 N–H and O–H groups in total. The van der Waals surface area contributed by atoms with Crippen molar-refractivity contribution >= 4 is 47.9 Å². The summed E-state index contributed by atoms with van der Waals surface area (Å²) >= 11 is 5.44. The monoisotopic (exact) mass is 214 g/mol. The van der Waals surface area contributed by atoms with Crippen LogP contribution in [-0.4, -0.2) is 23.1 Å². The molecule has 3 nitrogen and oxygen atoms in total. The molecule has 0 atom stereocenters. The molecular formula is C6H4ClMgO3P. The average molecular weight is 215 g/mol. The van der Waals surface area contributed by atoms with Gasteiger partial charge in [0.1, 0.15) is 0 Å². The Labute approximate surface area is 91.7 Å². The van der Waals surface area contributed by atoms with E-state index in [1.165, 1.54) is 18.2 Å². The molecule has 1 aromatic rings. The molecule has 0 unspecified atom stereocenters. The normalized spacial score (nSPS) is 10.7. The largest absolute Gasteiger partial charge is 2.00 e. The number of hydrogen-bond acceptors (Lipinski definition) is 3. The van der Waals surface area contributed by atoms with E-state index >= 15 is 0 Å². The van der Waals surface area contributed by atoms with Gasteiger partial charge in [-0.25, -0.2) is 0 Å². The Kier molecular flexibility index (Phi) is 4.95. The molecule has 0 saturated carbocycles. The Hall–Kier alpha value is 0.586. The molecule has 12 heavy (non-hydrogen) atoms. The average Bonchev–Trinajstić information content (AvgIpc) is 1.86. The van der Waals surface area contributed by atoms with Gasteiger partial charge in [-0.3, -0.25) is 0 Å². The maximum atomic E-state index is 10.4. The van der Waals surface area contributed by atoms with Crippen molar-refractivity contribution in [1.82, 2.24) is 0 Å². The summed E-state index contributed by atoms with van der Waals surface area (Å²) in [7, 11) is -4.69. The van der Waals surface area contributed by atoms with Crippen molar-refractivity contribution in [2.24, 2.45) is 0 Å². The van der Waals surface area contributed by atoms with E-state index in [1.807, 2.05) is 0 Å². The first kappa shape index (κ1) is 12.6. The van der Waals surface area contributed by atoms with Crippen LogP contribution < -0.4 is 20.0 Å². The topological polar surface area (TPSA) is 69.2 Å². The first-order chi connectivity index (χ1) is 5.02. The third-order valence-corrected chi connectivity index (χ3v) is 2.59. The SMILES string of the molecule is [Mg+2].[O-][P+]([O-])([O-])c1ccccc1Cl. The van der Waals surface area contributed by atoms with Gasteiger partial charge < -0.3 is 14.7 Å². The Morgan fingerprint density at radius 3 is 1.92 bits per heavy atom. The van der Waals surface area contributed by atoms with E-state index < -0.39 is 7.94 Å². The summed E-state index contributed by atoms with van der Waals surface area (Å²) in [6, 6.07) is 5.55. The fraction of sp³-hybridized carbons (Fsp3) is 0. The number of halogens is 1. The minimum atomic E-state index is -4.69. The van der Waals surface area contributed by atoms with Gasteiger partial charge in [0.2, 0.25) is 0 Å². The molecule has 6 heteroatoms. The Balaban J connectivity index is 0.00000121. The van der Waals surface area contributed by atoms with Crippen LogP contribution in [0.15, 0.2) is 24.3 Å². The van der Waals surface area contributed by atoms with E-state index in [4.69, 9.17) is 11.6 Å².